The number of hydrogen-bond acceptors (Lipinski definition) is 5. The van der Waals surface area contributed by atoms with Gasteiger partial charge in [-0.25, -0.2) is 13.2 Å². The van der Waals surface area contributed by atoms with E-state index < -0.39 is 27.9 Å². The second-order valence-corrected chi connectivity index (χ2v) is 7.81. The van der Waals surface area contributed by atoms with Crippen molar-refractivity contribution in [1.82, 2.24) is 9.21 Å². The smallest absolute Gasteiger partial charge is 0.326 e. The van der Waals surface area contributed by atoms with Crippen molar-refractivity contribution in [2.24, 2.45) is 0 Å². The van der Waals surface area contributed by atoms with Crippen LogP contribution < -0.4 is 4.74 Å². The molecule has 1 amide bonds. The predicted octanol–water partition coefficient (Wildman–Crippen LogP) is 1.02. The Bertz CT molecular complexity index is 771. The topological polar surface area (TPSA) is 104 Å². The van der Waals surface area contributed by atoms with Gasteiger partial charge in [-0.3, -0.25) is 4.79 Å². The van der Waals surface area contributed by atoms with Crippen molar-refractivity contribution < 1.29 is 27.9 Å². The van der Waals surface area contributed by atoms with Gasteiger partial charge in [-0.2, -0.15) is 4.31 Å². The molecule has 0 saturated carbocycles. The lowest BCUT2D eigenvalue weighted by molar-refractivity contribution is -0.141. The van der Waals surface area contributed by atoms with Crippen LogP contribution in [0.15, 0.2) is 23.1 Å². The van der Waals surface area contributed by atoms with Gasteiger partial charge in [0.25, 0.3) is 5.91 Å². The first-order chi connectivity index (χ1) is 11.7. The summed E-state index contributed by atoms with van der Waals surface area (Å²) in [6.07, 6.45) is 1.58. The number of aliphatic carboxylic acids is 1. The van der Waals surface area contributed by atoms with Crippen LogP contribution in [-0.4, -0.2) is 67.9 Å². The van der Waals surface area contributed by atoms with E-state index in [4.69, 9.17) is 9.84 Å². The lowest BCUT2D eigenvalue weighted by atomic mass is 10.1. The lowest BCUT2D eigenvalue weighted by Gasteiger charge is -2.23. The Hall–Kier alpha value is -2.13. The number of carbonyl (C=O) groups excluding carboxylic acids is 1. The quantitative estimate of drug-likeness (QED) is 0.802. The molecule has 1 aromatic carbocycles. The van der Waals surface area contributed by atoms with Crippen molar-refractivity contribution in [1.29, 1.82) is 0 Å². The van der Waals surface area contributed by atoms with Gasteiger partial charge in [0.15, 0.2) is 0 Å². The van der Waals surface area contributed by atoms with E-state index in [2.05, 4.69) is 0 Å². The zero-order valence-corrected chi connectivity index (χ0v) is 15.2. The van der Waals surface area contributed by atoms with Crippen LogP contribution in [0.5, 0.6) is 5.75 Å². The summed E-state index contributed by atoms with van der Waals surface area (Å²) in [4.78, 5) is 24.5. The van der Waals surface area contributed by atoms with E-state index in [0.717, 1.165) is 17.7 Å². The van der Waals surface area contributed by atoms with E-state index >= 15 is 0 Å². The predicted molar refractivity (Wildman–Crippen MR) is 90.2 cm³/mol. The van der Waals surface area contributed by atoms with Crippen LogP contribution >= 0.6 is 0 Å². The van der Waals surface area contributed by atoms with Crippen LogP contribution in [0.4, 0.5) is 0 Å². The lowest BCUT2D eigenvalue weighted by Crippen LogP contribution is -2.40. The Morgan fingerprint density at radius 1 is 1.28 bits per heavy atom. The Kier molecular flexibility index (Phi) is 5.69. The molecule has 1 saturated heterocycles. The summed E-state index contributed by atoms with van der Waals surface area (Å²) in [5, 5.41) is 9.04. The van der Waals surface area contributed by atoms with E-state index in [9.17, 15) is 18.0 Å². The third-order valence-electron chi connectivity index (χ3n) is 4.35. The molecule has 1 N–H and O–H groups in total. The van der Waals surface area contributed by atoms with Crippen molar-refractivity contribution in [3.05, 3.63) is 23.8 Å². The Morgan fingerprint density at radius 3 is 2.40 bits per heavy atom. The van der Waals surface area contributed by atoms with Gasteiger partial charge in [0.2, 0.25) is 10.0 Å². The average Bonchev–Trinajstić information content (AvgIpc) is 3.14. The molecule has 1 aliphatic heterocycles. The average molecular weight is 370 g/mol. The number of carboxylic acid groups (broad SMARTS) is 1. The molecule has 1 aliphatic rings. The maximum Gasteiger partial charge on any atom is 0.326 e. The monoisotopic (exact) mass is 370 g/mol. The third kappa shape index (κ3) is 3.77. The summed E-state index contributed by atoms with van der Waals surface area (Å²) in [5.41, 5.74) is 0.0918. The van der Waals surface area contributed by atoms with Crippen LogP contribution in [0.1, 0.15) is 30.1 Å². The highest BCUT2D eigenvalue weighted by molar-refractivity contribution is 7.89. The molecule has 25 heavy (non-hydrogen) atoms. The minimum absolute atomic E-state index is 0.0841. The molecule has 1 unspecified atom stereocenters. The molecule has 0 aromatic heterocycles. The van der Waals surface area contributed by atoms with Gasteiger partial charge in [0.05, 0.1) is 7.11 Å². The summed E-state index contributed by atoms with van der Waals surface area (Å²) in [7, 11) is -1.06. The number of amides is 1. The minimum atomic E-state index is -3.78. The number of benzene rings is 1. The molecule has 1 heterocycles. The molecule has 138 valence electrons. The van der Waals surface area contributed by atoms with Crippen LogP contribution in [0.2, 0.25) is 0 Å². The summed E-state index contributed by atoms with van der Waals surface area (Å²) in [6, 6.07) is 3.05. The van der Waals surface area contributed by atoms with Gasteiger partial charge in [-0.05, 0) is 38.0 Å². The number of rotatable bonds is 6. The number of carboxylic acids is 1. The molecule has 1 fully saturated rings. The van der Waals surface area contributed by atoms with Crippen LogP contribution in [0.3, 0.4) is 0 Å². The fourth-order valence-corrected chi connectivity index (χ4v) is 4.32. The van der Waals surface area contributed by atoms with Crippen molar-refractivity contribution in [2.45, 2.75) is 30.7 Å². The van der Waals surface area contributed by atoms with Crippen molar-refractivity contribution in [2.75, 3.05) is 27.2 Å². The Morgan fingerprint density at radius 2 is 1.88 bits per heavy atom. The van der Waals surface area contributed by atoms with Gasteiger partial charge in [0, 0.05) is 25.7 Å². The SMILES string of the molecule is COc1ccc(C(=O)N(C)C(C)C(=O)O)cc1S(=O)(=O)N1CCCC1. The molecular weight excluding hydrogens is 348 g/mol. The molecule has 2 rings (SSSR count). The number of hydrogen-bond donors (Lipinski definition) is 1. The molecule has 8 nitrogen and oxygen atoms in total. The summed E-state index contributed by atoms with van der Waals surface area (Å²) in [6.45, 7) is 2.24. The minimum Gasteiger partial charge on any atom is -0.495 e. The van der Waals surface area contributed by atoms with Crippen LogP contribution in [-0.2, 0) is 14.8 Å². The van der Waals surface area contributed by atoms with Crippen molar-refractivity contribution in [3.8, 4) is 5.75 Å². The van der Waals surface area contributed by atoms with Crippen LogP contribution in [0, 0.1) is 0 Å². The first-order valence-corrected chi connectivity index (χ1v) is 9.32. The second-order valence-electron chi connectivity index (χ2n) is 5.91. The number of nitrogens with zero attached hydrogens (tertiary/aromatic N) is 2. The molecule has 0 spiro atoms. The standard InChI is InChI=1S/C16H22N2O6S/c1-11(16(20)21)17(2)15(19)12-6-7-13(24-3)14(10-12)25(22,23)18-8-4-5-9-18/h6-7,10-11H,4-5,8-9H2,1-3H3,(H,20,21). The summed E-state index contributed by atoms with van der Waals surface area (Å²) < 4.78 is 32.2. The first-order valence-electron chi connectivity index (χ1n) is 7.88. The maximum atomic E-state index is 12.8. The number of ether oxygens (including phenoxy) is 1. The maximum absolute atomic E-state index is 12.8. The zero-order chi connectivity index (χ0) is 18.8. The first kappa shape index (κ1) is 19.2. The number of methoxy groups -OCH3 is 1. The molecule has 1 atom stereocenters. The number of carbonyl (C=O) groups is 2. The van der Waals surface area contributed by atoms with E-state index in [-0.39, 0.29) is 16.2 Å². The molecule has 0 radical (unpaired) electrons. The normalized spacial score (nSPS) is 16.4. The van der Waals surface area contributed by atoms with Gasteiger partial charge < -0.3 is 14.7 Å². The van der Waals surface area contributed by atoms with Gasteiger partial charge in [0.1, 0.15) is 16.7 Å². The van der Waals surface area contributed by atoms with Crippen molar-refractivity contribution in [3.63, 3.8) is 0 Å². The zero-order valence-electron chi connectivity index (χ0n) is 14.4. The van der Waals surface area contributed by atoms with Gasteiger partial charge >= 0.3 is 5.97 Å². The number of sulfonamides is 1. The second kappa shape index (κ2) is 7.40. The highest BCUT2D eigenvalue weighted by atomic mass is 32.2. The third-order valence-corrected chi connectivity index (χ3v) is 6.27. The highest BCUT2D eigenvalue weighted by Gasteiger charge is 2.31. The largest absolute Gasteiger partial charge is 0.495 e. The van der Waals surface area contributed by atoms with E-state index in [1.165, 1.54) is 43.6 Å². The van der Waals surface area contributed by atoms with Crippen LogP contribution in [0.25, 0.3) is 0 Å². The Labute approximate surface area is 147 Å². The van der Waals surface area contributed by atoms with Gasteiger partial charge in [-0.15, -0.1) is 0 Å². The fourth-order valence-electron chi connectivity index (χ4n) is 2.62. The van der Waals surface area contributed by atoms with Crippen molar-refractivity contribution >= 4 is 21.9 Å². The fraction of sp³-hybridized carbons (Fsp3) is 0.500. The Balaban J connectivity index is 2.43. The highest BCUT2D eigenvalue weighted by Crippen LogP contribution is 2.30. The summed E-state index contributed by atoms with van der Waals surface area (Å²) >= 11 is 0. The number of likely N-dealkylation sites (N-methyl/N-ethyl adjacent to an activating group) is 1. The molecular formula is C16H22N2O6S. The summed E-state index contributed by atoms with van der Waals surface area (Å²) in [5.74, 6) is -1.57. The van der Waals surface area contributed by atoms with Gasteiger partial charge in [-0.1, -0.05) is 0 Å². The molecule has 9 heteroatoms. The molecule has 0 bridgehead atoms. The molecule has 1 aromatic rings. The van der Waals surface area contributed by atoms with E-state index in [1.54, 1.807) is 0 Å². The van der Waals surface area contributed by atoms with E-state index in [0.29, 0.717) is 13.1 Å². The van der Waals surface area contributed by atoms with E-state index in [1.807, 2.05) is 0 Å². The molecule has 0 aliphatic carbocycles.